The number of anilines is 1. The minimum atomic E-state index is 0.183. The molecule has 1 aromatic heterocycles. The van der Waals surface area contributed by atoms with Crippen molar-refractivity contribution in [1.82, 2.24) is 4.98 Å². The molecular formula is C20H21N3O3. The molecule has 26 heavy (non-hydrogen) atoms. The normalized spacial score (nSPS) is 13.2. The fraction of sp³-hybridized carbons (Fsp3) is 0.250. The number of aliphatic imine (C=N–C) groups is 1. The summed E-state index contributed by atoms with van der Waals surface area (Å²) in [7, 11) is 3.23. The van der Waals surface area contributed by atoms with Crippen LogP contribution < -0.4 is 14.8 Å². The first-order valence-electron chi connectivity index (χ1n) is 8.54. The number of aromatic hydroxyl groups is 1. The Balaban J connectivity index is 1.61. The summed E-state index contributed by atoms with van der Waals surface area (Å²) in [5.74, 6) is 1.57. The van der Waals surface area contributed by atoms with Gasteiger partial charge >= 0.3 is 0 Å². The third kappa shape index (κ3) is 2.73. The maximum Gasteiger partial charge on any atom is 0.165 e. The molecule has 4 rings (SSSR count). The van der Waals surface area contributed by atoms with Crippen LogP contribution in [0.4, 0.5) is 11.4 Å². The molecule has 1 aliphatic rings. The van der Waals surface area contributed by atoms with E-state index in [-0.39, 0.29) is 5.75 Å². The van der Waals surface area contributed by atoms with Crippen LogP contribution >= 0.6 is 0 Å². The largest absolute Gasteiger partial charge is 0.504 e. The van der Waals surface area contributed by atoms with Crippen LogP contribution in [0.2, 0.25) is 0 Å². The summed E-state index contributed by atoms with van der Waals surface area (Å²) < 4.78 is 10.6. The summed E-state index contributed by atoms with van der Waals surface area (Å²) in [6, 6.07) is 7.68. The number of phenolic OH excluding ortho intramolecular Hbond substituents is 1. The van der Waals surface area contributed by atoms with Gasteiger partial charge in [0.1, 0.15) is 5.69 Å². The lowest BCUT2D eigenvalue weighted by Gasteiger charge is -2.16. The third-order valence-corrected chi connectivity index (χ3v) is 4.71. The molecule has 0 unspecified atom stereocenters. The van der Waals surface area contributed by atoms with E-state index in [2.05, 4.69) is 15.3 Å². The van der Waals surface area contributed by atoms with Gasteiger partial charge < -0.3 is 24.9 Å². The average molecular weight is 351 g/mol. The number of nitrogens with zero attached hydrogens (tertiary/aromatic N) is 1. The van der Waals surface area contributed by atoms with Crippen molar-refractivity contribution < 1.29 is 14.6 Å². The van der Waals surface area contributed by atoms with Crippen molar-refractivity contribution in [3.63, 3.8) is 0 Å². The summed E-state index contributed by atoms with van der Waals surface area (Å²) in [4.78, 5) is 7.65. The quantitative estimate of drug-likeness (QED) is 0.482. The zero-order chi connectivity index (χ0) is 18.1. The number of rotatable bonds is 5. The first-order valence-corrected chi connectivity index (χ1v) is 8.54. The fourth-order valence-corrected chi connectivity index (χ4v) is 3.39. The van der Waals surface area contributed by atoms with Crippen molar-refractivity contribution in [2.75, 3.05) is 26.1 Å². The topological polar surface area (TPSA) is 78.9 Å². The number of aromatic amines is 1. The zero-order valence-electron chi connectivity index (χ0n) is 14.8. The number of aromatic nitrogens is 1. The lowest BCUT2D eigenvalue weighted by Crippen LogP contribution is -2.09. The molecule has 6 nitrogen and oxygen atoms in total. The van der Waals surface area contributed by atoms with E-state index in [9.17, 15) is 5.11 Å². The van der Waals surface area contributed by atoms with E-state index in [1.807, 2.05) is 30.5 Å². The molecule has 1 aliphatic heterocycles. The van der Waals surface area contributed by atoms with Gasteiger partial charge in [0.25, 0.3) is 0 Å². The number of benzene rings is 2. The lowest BCUT2D eigenvalue weighted by atomic mass is 10.0. The molecule has 0 saturated carbocycles. The Hall–Kier alpha value is -3.15. The monoisotopic (exact) mass is 351 g/mol. The van der Waals surface area contributed by atoms with Crippen LogP contribution in [0, 0.1) is 0 Å². The standard InChI is InChI=1S/C20H21N3O3/c1-25-16-4-3-12(9-17(16)26-2)5-7-22-15-10-14-18-13(6-8-21-14)11-23-19(18)20(15)24/h3-4,7,9-11,21,23-24H,5-6,8H2,1-2H3. The van der Waals surface area contributed by atoms with Crippen molar-refractivity contribution in [3.8, 4) is 17.2 Å². The van der Waals surface area contributed by atoms with Crippen LogP contribution in [0.25, 0.3) is 10.9 Å². The van der Waals surface area contributed by atoms with Gasteiger partial charge in [-0.2, -0.15) is 0 Å². The third-order valence-electron chi connectivity index (χ3n) is 4.71. The molecule has 0 aliphatic carbocycles. The SMILES string of the molecule is COc1ccc(CC=Nc2cc3c4c(c[nH]c4c2O)CCN3)cc1OC. The second-order valence-electron chi connectivity index (χ2n) is 6.24. The van der Waals surface area contributed by atoms with Gasteiger partial charge in [-0.15, -0.1) is 0 Å². The summed E-state index contributed by atoms with van der Waals surface area (Å²) in [5.41, 5.74) is 4.58. The minimum absolute atomic E-state index is 0.183. The second kappa shape index (κ2) is 6.63. The maximum atomic E-state index is 10.5. The van der Waals surface area contributed by atoms with Gasteiger partial charge in [0.05, 0.1) is 19.7 Å². The Kier molecular flexibility index (Phi) is 4.16. The molecular weight excluding hydrogens is 330 g/mol. The summed E-state index contributed by atoms with van der Waals surface area (Å²) in [6.45, 7) is 0.888. The highest BCUT2D eigenvalue weighted by Gasteiger charge is 2.18. The highest BCUT2D eigenvalue weighted by Crippen LogP contribution is 2.42. The van der Waals surface area contributed by atoms with E-state index in [0.717, 1.165) is 35.1 Å². The zero-order valence-corrected chi connectivity index (χ0v) is 14.8. The van der Waals surface area contributed by atoms with Crippen molar-refractivity contribution in [1.29, 1.82) is 0 Å². The first-order chi connectivity index (χ1) is 12.7. The van der Waals surface area contributed by atoms with E-state index in [4.69, 9.17) is 9.47 Å². The smallest absolute Gasteiger partial charge is 0.165 e. The van der Waals surface area contributed by atoms with Gasteiger partial charge in [-0.25, -0.2) is 0 Å². The molecule has 0 bridgehead atoms. The summed E-state index contributed by atoms with van der Waals surface area (Å²) >= 11 is 0. The molecule has 0 fully saturated rings. The Morgan fingerprint density at radius 1 is 1.19 bits per heavy atom. The van der Waals surface area contributed by atoms with Crippen LogP contribution in [-0.2, 0) is 12.8 Å². The molecule has 3 N–H and O–H groups in total. The van der Waals surface area contributed by atoms with E-state index in [0.29, 0.717) is 23.6 Å². The van der Waals surface area contributed by atoms with Gasteiger partial charge in [-0.05, 0) is 35.7 Å². The van der Waals surface area contributed by atoms with Crippen LogP contribution in [-0.4, -0.2) is 37.1 Å². The van der Waals surface area contributed by atoms with Crippen molar-refractivity contribution in [2.45, 2.75) is 12.8 Å². The number of phenols is 1. The molecule has 0 atom stereocenters. The van der Waals surface area contributed by atoms with Gasteiger partial charge in [0, 0.05) is 36.5 Å². The van der Waals surface area contributed by atoms with Crippen LogP contribution in [0.5, 0.6) is 17.2 Å². The second-order valence-corrected chi connectivity index (χ2v) is 6.24. The Bertz CT molecular complexity index is 992. The number of hydrogen-bond acceptors (Lipinski definition) is 5. The van der Waals surface area contributed by atoms with E-state index in [1.165, 1.54) is 5.56 Å². The van der Waals surface area contributed by atoms with Gasteiger partial charge in [-0.3, -0.25) is 4.99 Å². The molecule has 0 spiro atoms. The van der Waals surface area contributed by atoms with E-state index >= 15 is 0 Å². The predicted octanol–water partition coefficient (Wildman–Crippen LogP) is 3.80. The Morgan fingerprint density at radius 2 is 2.04 bits per heavy atom. The van der Waals surface area contributed by atoms with Crippen molar-refractivity contribution >= 4 is 28.5 Å². The van der Waals surface area contributed by atoms with Crippen LogP contribution in [0.1, 0.15) is 11.1 Å². The summed E-state index contributed by atoms with van der Waals surface area (Å²) in [6.07, 6.45) is 5.33. The van der Waals surface area contributed by atoms with E-state index < -0.39 is 0 Å². The van der Waals surface area contributed by atoms with Gasteiger partial charge in [-0.1, -0.05) is 6.07 Å². The van der Waals surface area contributed by atoms with Gasteiger partial charge in [0.15, 0.2) is 17.2 Å². The molecule has 0 saturated heterocycles. The number of methoxy groups -OCH3 is 2. The minimum Gasteiger partial charge on any atom is -0.504 e. The van der Waals surface area contributed by atoms with Crippen LogP contribution in [0.3, 0.4) is 0 Å². The molecule has 134 valence electrons. The Labute approximate surface area is 151 Å². The van der Waals surface area contributed by atoms with Crippen LogP contribution in [0.15, 0.2) is 35.5 Å². The van der Waals surface area contributed by atoms with Gasteiger partial charge in [0.2, 0.25) is 0 Å². The molecule has 0 radical (unpaired) electrons. The molecule has 6 heteroatoms. The highest BCUT2D eigenvalue weighted by atomic mass is 16.5. The van der Waals surface area contributed by atoms with Crippen molar-refractivity contribution in [3.05, 3.63) is 41.6 Å². The first kappa shape index (κ1) is 16.3. The number of ether oxygens (including phenoxy) is 2. The maximum absolute atomic E-state index is 10.5. The highest BCUT2D eigenvalue weighted by molar-refractivity contribution is 6.03. The molecule has 2 aromatic carbocycles. The predicted molar refractivity (Wildman–Crippen MR) is 104 cm³/mol. The lowest BCUT2D eigenvalue weighted by molar-refractivity contribution is 0.354. The van der Waals surface area contributed by atoms with E-state index in [1.54, 1.807) is 20.4 Å². The summed E-state index contributed by atoms with van der Waals surface area (Å²) in [5, 5.41) is 15.0. The number of nitrogens with one attached hydrogen (secondary N) is 2. The average Bonchev–Trinajstić information content (AvgIpc) is 3.11. The molecule has 0 amide bonds. The van der Waals surface area contributed by atoms with Crippen molar-refractivity contribution in [2.24, 2.45) is 4.99 Å². The number of hydrogen-bond donors (Lipinski definition) is 3. The molecule has 2 heterocycles. The number of H-pyrrole nitrogens is 1. The Morgan fingerprint density at radius 3 is 2.85 bits per heavy atom. The molecule has 3 aromatic rings. The fourth-order valence-electron chi connectivity index (χ4n) is 3.39.